The minimum absolute atomic E-state index is 0.00950. The first-order valence-electron chi connectivity index (χ1n) is 5.98. The molecule has 1 saturated heterocycles. The van der Waals surface area contributed by atoms with Crippen molar-refractivity contribution in [3.8, 4) is 0 Å². The molecule has 8 nitrogen and oxygen atoms in total. The number of aliphatic carboxylic acids is 1. The number of carboxylic acids is 1. The molecule has 1 aliphatic heterocycles. The quantitative estimate of drug-likeness (QED) is 0.589. The number of carboxylic acid groups (broad SMARTS) is 1. The molecule has 3 N–H and O–H groups in total. The Morgan fingerprint density at radius 3 is 2.53 bits per heavy atom. The van der Waals surface area contributed by atoms with E-state index >= 15 is 0 Å². The largest absolute Gasteiger partial charge is 0.480 e. The van der Waals surface area contributed by atoms with Crippen LogP contribution in [-0.2, 0) is 9.59 Å². The van der Waals surface area contributed by atoms with Crippen molar-refractivity contribution in [2.45, 2.75) is 25.0 Å². The highest BCUT2D eigenvalue weighted by atomic mass is 16.4. The molecule has 0 spiro atoms. The van der Waals surface area contributed by atoms with Gasteiger partial charge in [-0.25, -0.2) is 9.59 Å². The molecule has 0 aliphatic carbocycles. The van der Waals surface area contributed by atoms with Crippen LogP contribution >= 0.6 is 0 Å². The van der Waals surface area contributed by atoms with Gasteiger partial charge in [0.15, 0.2) is 0 Å². The fraction of sp³-hybridized carbons (Fsp3) is 0.727. The fourth-order valence-corrected chi connectivity index (χ4v) is 1.87. The first-order valence-corrected chi connectivity index (χ1v) is 5.98. The molecule has 0 saturated carbocycles. The van der Waals surface area contributed by atoms with Crippen molar-refractivity contribution in [2.75, 3.05) is 27.2 Å². The van der Waals surface area contributed by atoms with E-state index in [2.05, 4.69) is 5.32 Å². The summed E-state index contributed by atoms with van der Waals surface area (Å²) in [7, 11) is 3.23. The molecular formula is C11H19N3O5. The lowest BCUT2D eigenvalue weighted by Crippen LogP contribution is -2.46. The van der Waals surface area contributed by atoms with Crippen molar-refractivity contribution < 1.29 is 24.6 Å². The highest BCUT2D eigenvalue weighted by molar-refractivity contribution is 5.84. The topological polar surface area (TPSA) is 110 Å². The maximum atomic E-state index is 11.8. The van der Waals surface area contributed by atoms with Gasteiger partial charge in [-0.3, -0.25) is 4.79 Å². The molecule has 108 valence electrons. The van der Waals surface area contributed by atoms with Crippen molar-refractivity contribution in [3.63, 3.8) is 0 Å². The third kappa shape index (κ3) is 4.09. The van der Waals surface area contributed by atoms with E-state index in [9.17, 15) is 19.5 Å². The van der Waals surface area contributed by atoms with E-state index in [0.29, 0.717) is 0 Å². The first kappa shape index (κ1) is 15.2. The molecule has 0 radical (unpaired) electrons. The zero-order chi connectivity index (χ0) is 14.6. The first-order chi connectivity index (χ1) is 8.82. The molecule has 0 aromatic rings. The summed E-state index contributed by atoms with van der Waals surface area (Å²) >= 11 is 0. The van der Waals surface area contributed by atoms with Gasteiger partial charge in [0.1, 0.15) is 6.04 Å². The number of likely N-dealkylation sites (tertiary alicyclic amines) is 1. The van der Waals surface area contributed by atoms with Gasteiger partial charge in [-0.2, -0.15) is 0 Å². The van der Waals surface area contributed by atoms with Crippen molar-refractivity contribution in [1.29, 1.82) is 0 Å². The fourth-order valence-electron chi connectivity index (χ4n) is 1.87. The maximum absolute atomic E-state index is 11.8. The number of aliphatic hydroxyl groups excluding tert-OH is 1. The van der Waals surface area contributed by atoms with Crippen LogP contribution in [0.5, 0.6) is 0 Å². The van der Waals surface area contributed by atoms with Gasteiger partial charge < -0.3 is 25.3 Å². The van der Waals surface area contributed by atoms with E-state index in [4.69, 9.17) is 5.11 Å². The van der Waals surface area contributed by atoms with Crippen LogP contribution in [0.25, 0.3) is 0 Å². The Kier molecular flexibility index (Phi) is 5.11. The minimum atomic E-state index is -1.14. The predicted molar refractivity (Wildman–Crippen MR) is 65.5 cm³/mol. The molecule has 1 heterocycles. The molecule has 19 heavy (non-hydrogen) atoms. The lowest BCUT2D eigenvalue weighted by atomic mass is 10.2. The summed E-state index contributed by atoms with van der Waals surface area (Å²) in [4.78, 5) is 36.5. The Bertz CT molecular complexity index is 371. The number of amides is 3. The van der Waals surface area contributed by atoms with Gasteiger partial charge in [0.2, 0.25) is 5.91 Å². The van der Waals surface area contributed by atoms with Crippen LogP contribution < -0.4 is 5.32 Å². The van der Waals surface area contributed by atoms with Crippen molar-refractivity contribution in [3.05, 3.63) is 0 Å². The number of hydrogen-bond donors (Lipinski definition) is 3. The second-order valence-electron chi connectivity index (χ2n) is 4.67. The lowest BCUT2D eigenvalue weighted by Gasteiger charge is -2.21. The highest BCUT2D eigenvalue weighted by Gasteiger charge is 2.38. The monoisotopic (exact) mass is 273 g/mol. The molecule has 1 fully saturated rings. The van der Waals surface area contributed by atoms with Gasteiger partial charge in [0, 0.05) is 40.0 Å². The number of carbonyl (C=O) groups is 3. The van der Waals surface area contributed by atoms with Gasteiger partial charge in [0.25, 0.3) is 0 Å². The standard InChI is InChI=1S/C11H19N3O5/c1-13(2)9(16)3-4-12-11(19)14-6-7(15)5-8(14)10(17)18/h7-8,15H,3-6H2,1-2H3,(H,12,19)(H,17,18)/t7-,8-/m0/s1. The molecule has 8 heteroatoms. The van der Waals surface area contributed by atoms with Gasteiger partial charge in [-0.1, -0.05) is 0 Å². The molecular weight excluding hydrogens is 254 g/mol. The number of aliphatic hydroxyl groups is 1. The Hall–Kier alpha value is -1.83. The zero-order valence-corrected chi connectivity index (χ0v) is 11.0. The van der Waals surface area contributed by atoms with Gasteiger partial charge in [-0.05, 0) is 0 Å². The van der Waals surface area contributed by atoms with Crippen LogP contribution in [-0.4, -0.2) is 77.3 Å². The maximum Gasteiger partial charge on any atom is 0.326 e. The molecule has 0 aromatic heterocycles. The summed E-state index contributed by atoms with van der Waals surface area (Å²) in [5.74, 6) is -1.27. The Labute approximate surface area is 111 Å². The summed E-state index contributed by atoms with van der Waals surface area (Å²) < 4.78 is 0. The molecule has 1 aliphatic rings. The van der Waals surface area contributed by atoms with Gasteiger partial charge in [0.05, 0.1) is 6.10 Å². The average Bonchev–Trinajstić information content (AvgIpc) is 2.71. The smallest absolute Gasteiger partial charge is 0.326 e. The molecule has 3 amide bonds. The molecule has 1 rings (SSSR count). The third-order valence-corrected chi connectivity index (χ3v) is 2.94. The number of β-amino-alcohol motifs (C(OH)–C–C–N with tert-alkyl or cyclic N) is 1. The molecule has 0 unspecified atom stereocenters. The normalized spacial score (nSPS) is 22.2. The summed E-state index contributed by atoms with van der Waals surface area (Å²) in [5, 5.41) is 20.8. The van der Waals surface area contributed by atoms with E-state index in [1.54, 1.807) is 14.1 Å². The number of hydrogen-bond acceptors (Lipinski definition) is 4. The highest BCUT2D eigenvalue weighted by Crippen LogP contribution is 2.17. The van der Waals surface area contributed by atoms with E-state index < -0.39 is 24.1 Å². The van der Waals surface area contributed by atoms with Crippen LogP contribution in [0.3, 0.4) is 0 Å². The summed E-state index contributed by atoms with van der Waals surface area (Å²) in [5.41, 5.74) is 0. The summed E-state index contributed by atoms with van der Waals surface area (Å²) in [6.07, 6.45) is -0.651. The molecule has 2 atom stereocenters. The minimum Gasteiger partial charge on any atom is -0.480 e. The Morgan fingerprint density at radius 2 is 2.00 bits per heavy atom. The van der Waals surface area contributed by atoms with Crippen LogP contribution in [0.4, 0.5) is 4.79 Å². The van der Waals surface area contributed by atoms with Crippen LogP contribution in [0, 0.1) is 0 Å². The number of nitrogens with one attached hydrogen (secondary N) is 1. The Morgan fingerprint density at radius 1 is 1.37 bits per heavy atom. The van der Waals surface area contributed by atoms with Gasteiger partial charge in [-0.15, -0.1) is 0 Å². The summed E-state index contributed by atoms with van der Waals surface area (Å²) in [6, 6.07) is -1.59. The lowest BCUT2D eigenvalue weighted by molar-refractivity contribution is -0.141. The predicted octanol–water partition coefficient (Wildman–Crippen LogP) is -1.31. The number of carbonyl (C=O) groups excluding carboxylic acids is 2. The second kappa shape index (κ2) is 6.37. The summed E-state index contributed by atoms with van der Waals surface area (Å²) in [6.45, 7) is 0.124. The van der Waals surface area contributed by atoms with Crippen molar-refractivity contribution >= 4 is 17.9 Å². The van der Waals surface area contributed by atoms with Crippen LogP contribution in [0.15, 0.2) is 0 Å². The zero-order valence-electron chi connectivity index (χ0n) is 11.0. The third-order valence-electron chi connectivity index (χ3n) is 2.94. The van der Waals surface area contributed by atoms with E-state index in [0.717, 1.165) is 4.90 Å². The molecule has 0 aromatic carbocycles. The van der Waals surface area contributed by atoms with Crippen LogP contribution in [0.1, 0.15) is 12.8 Å². The SMILES string of the molecule is CN(C)C(=O)CCNC(=O)N1C[C@@H](O)C[C@H]1C(=O)O. The molecule has 0 bridgehead atoms. The number of rotatable bonds is 4. The Balaban J connectivity index is 2.44. The average molecular weight is 273 g/mol. The van der Waals surface area contributed by atoms with Crippen LogP contribution in [0.2, 0.25) is 0 Å². The second-order valence-corrected chi connectivity index (χ2v) is 4.67. The van der Waals surface area contributed by atoms with E-state index in [1.165, 1.54) is 4.90 Å². The number of nitrogens with zero attached hydrogens (tertiary/aromatic N) is 2. The van der Waals surface area contributed by atoms with E-state index in [-0.39, 0.29) is 31.8 Å². The van der Waals surface area contributed by atoms with Crippen molar-refractivity contribution in [1.82, 2.24) is 15.1 Å². The van der Waals surface area contributed by atoms with Crippen molar-refractivity contribution in [2.24, 2.45) is 0 Å². The van der Waals surface area contributed by atoms with Gasteiger partial charge >= 0.3 is 12.0 Å². The number of urea groups is 1. The van der Waals surface area contributed by atoms with E-state index in [1.807, 2.05) is 0 Å².